The number of phenolic OH excluding ortho intramolecular Hbond substituents is 2. The summed E-state index contributed by atoms with van der Waals surface area (Å²) in [5.41, 5.74) is 2.86. The molecule has 1 fully saturated rings. The predicted molar refractivity (Wildman–Crippen MR) is 101 cm³/mol. The lowest BCUT2D eigenvalue weighted by molar-refractivity contribution is 0.386. The van der Waals surface area contributed by atoms with Crippen LogP contribution in [0.25, 0.3) is 0 Å². The van der Waals surface area contributed by atoms with E-state index in [1.807, 2.05) is 24.3 Å². The Morgan fingerprint density at radius 3 is 2.33 bits per heavy atom. The highest BCUT2D eigenvalue weighted by Crippen LogP contribution is 2.31. The number of anilines is 2. The lowest BCUT2D eigenvalue weighted by Crippen LogP contribution is -2.50. The molecule has 6 heteroatoms. The monoisotopic (exact) mass is 343 g/mol. The van der Waals surface area contributed by atoms with E-state index in [-0.39, 0.29) is 11.5 Å². The van der Waals surface area contributed by atoms with Crippen molar-refractivity contribution in [3.8, 4) is 11.5 Å². The number of phenols is 2. The maximum absolute atomic E-state index is 9.98. The fourth-order valence-corrected chi connectivity index (χ4v) is 3.06. The summed E-state index contributed by atoms with van der Waals surface area (Å²) in [5.74, 6) is 0.336. The van der Waals surface area contributed by atoms with Gasteiger partial charge in [0, 0.05) is 37.9 Å². The zero-order chi connectivity index (χ0) is 17.1. The van der Waals surface area contributed by atoms with Crippen LogP contribution in [0.15, 0.2) is 42.5 Å². The molecule has 3 rings (SSSR count). The Balaban J connectivity index is 1.59. The zero-order valence-electron chi connectivity index (χ0n) is 13.6. The van der Waals surface area contributed by atoms with Crippen LogP contribution in [-0.4, -0.2) is 46.4 Å². The van der Waals surface area contributed by atoms with Gasteiger partial charge in [0.05, 0.1) is 5.69 Å². The molecule has 0 atom stereocenters. The van der Waals surface area contributed by atoms with E-state index in [4.69, 9.17) is 12.2 Å². The number of nitrogens with one attached hydrogen (secondary N) is 1. The summed E-state index contributed by atoms with van der Waals surface area (Å²) in [6.07, 6.45) is 0. The summed E-state index contributed by atoms with van der Waals surface area (Å²) in [6, 6.07) is 12.7. The SMILES string of the molecule is Cc1ccc(NC(=S)N2CCN(c3cc(O)ccc3O)CC2)cc1. The number of thiocarbonyl (C=S) groups is 1. The highest BCUT2D eigenvalue weighted by molar-refractivity contribution is 7.80. The molecule has 2 aromatic carbocycles. The Morgan fingerprint density at radius 1 is 1.00 bits per heavy atom. The molecule has 0 radical (unpaired) electrons. The number of piperazine rings is 1. The van der Waals surface area contributed by atoms with Crippen LogP contribution >= 0.6 is 12.2 Å². The van der Waals surface area contributed by atoms with Crippen LogP contribution in [-0.2, 0) is 0 Å². The van der Waals surface area contributed by atoms with Crippen molar-refractivity contribution in [2.45, 2.75) is 6.92 Å². The van der Waals surface area contributed by atoms with Crippen LogP contribution in [0.3, 0.4) is 0 Å². The number of hydrogen-bond donors (Lipinski definition) is 3. The minimum Gasteiger partial charge on any atom is -0.508 e. The van der Waals surface area contributed by atoms with E-state index in [9.17, 15) is 10.2 Å². The van der Waals surface area contributed by atoms with Crippen LogP contribution in [0.4, 0.5) is 11.4 Å². The summed E-state index contributed by atoms with van der Waals surface area (Å²) in [6.45, 7) is 5.02. The largest absolute Gasteiger partial charge is 0.508 e. The van der Waals surface area contributed by atoms with E-state index in [1.54, 1.807) is 6.07 Å². The molecule has 5 nitrogen and oxygen atoms in total. The Morgan fingerprint density at radius 2 is 1.67 bits per heavy atom. The molecule has 126 valence electrons. The van der Waals surface area contributed by atoms with Crippen LogP contribution in [0.5, 0.6) is 11.5 Å². The summed E-state index contributed by atoms with van der Waals surface area (Å²) >= 11 is 5.50. The smallest absolute Gasteiger partial charge is 0.173 e. The van der Waals surface area contributed by atoms with Crippen LogP contribution < -0.4 is 10.2 Å². The van der Waals surface area contributed by atoms with Crippen molar-refractivity contribution in [2.75, 3.05) is 36.4 Å². The summed E-state index contributed by atoms with van der Waals surface area (Å²) < 4.78 is 0. The fourth-order valence-electron chi connectivity index (χ4n) is 2.75. The molecule has 1 aliphatic rings. The van der Waals surface area contributed by atoms with Gasteiger partial charge in [0.25, 0.3) is 0 Å². The fraction of sp³-hybridized carbons (Fsp3) is 0.278. The molecule has 0 spiro atoms. The van der Waals surface area contributed by atoms with Crippen molar-refractivity contribution < 1.29 is 10.2 Å². The van der Waals surface area contributed by atoms with Gasteiger partial charge in [-0.05, 0) is 43.4 Å². The third kappa shape index (κ3) is 3.71. The topological polar surface area (TPSA) is 59.0 Å². The molecule has 0 unspecified atom stereocenters. The number of nitrogens with zero attached hydrogens (tertiary/aromatic N) is 2. The minimum atomic E-state index is 0.154. The van der Waals surface area contributed by atoms with Gasteiger partial charge in [0.2, 0.25) is 0 Å². The molecule has 1 aliphatic heterocycles. The summed E-state index contributed by atoms with van der Waals surface area (Å²) in [7, 11) is 0. The van der Waals surface area contributed by atoms with Crippen LogP contribution in [0.2, 0.25) is 0 Å². The second-order valence-electron chi connectivity index (χ2n) is 5.94. The van der Waals surface area contributed by atoms with E-state index in [0.29, 0.717) is 10.8 Å². The quantitative estimate of drug-likeness (QED) is 0.576. The van der Waals surface area contributed by atoms with E-state index in [1.165, 1.54) is 17.7 Å². The van der Waals surface area contributed by atoms with Gasteiger partial charge in [-0.2, -0.15) is 0 Å². The number of aromatic hydroxyl groups is 2. The number of hydrogen-bond acceptors (Lipinski definition) is 4. The first kappa shape index (κ1) is 16.4. The standard InChI is InChI=1S/C18H21N3O2S/c1-13-2-4-14(5-3-13)19-18(24)21-10-8-20(9-11-21)16-12-15(22)6-7-17(16)23/h2-7,12,22-23H,8-11H2,1H3,(H,19,24). The Bertz CT molecular complexity index is 726. The average molecular weight is 343 g/mol. The maximum Gasteiger partial charge on any atom is 0.173 e. The number of aryl methyl sites for hydroxylation is 1. The van der Waals surface area contributed by atoms with E-state index < -0.39 is 0 Å². The van der Waals surface area contributed by atoms with Gasteiger partial charge >= 0.3 is 0 Å². The van der Waals surface area contributed by atoms with Crippen molar-refractivity contribution >= 4 is 28.7 Å². The highest BCUT2D eigenvalue weighted by Gasteiger charge is 2.21. The number of rotatable bonds is 2. The zero-order valence-corrected chi connectivity index (χ0v) is 14.4. The predicted octanol–water partition coefficient (Wildman–Crippen LogP) is 2.93. The molecule has 0 amide bonds. The molecule has 1 saturated heterocycles. The lowest BCUT2D eigenvalue weighted by atomic mass is 10.2. The molecule has 1 heterocycles. The van der Waals surface area contributed by atoms with Crippen molar-refractivity contribution in [1.29, 1.82) is 0 Å². The van der Waals surface area contributed by atoms with Gasteiger partial charge in [0.1, 0.15) is 11.5 Å². The van der Waals surface area contributed by atoms with Crippen molar-refractivity contribution in [1.82, 2.24) is 4.90 Å². The van der Waals surface area contributed by atoms with Crippen molar-refractivity contribution in [2.24, 2.45) is 0 Å². The maximum atomic E-state index is 9.98. The normalized spacial score (nSPS) is 14.5. The molecule has 24 heavy (non-hydrogen) atoms. The van der Waals surface area contributed by atoms with E-state index in [2.05, 4.69) is 22.0 Å². The van der Waals surface area contributed by atoms with Gasteiger partial charge in [-0.25, -0.2) is 0 Å². The average Bonchev–Trinajstić information content (AvgIpc) is 2.59. The molecule has 0 saturated carbocycles. The first-order valence-electron chi connectivity index (χ1n) is 7.92. The molecule has 0 bridgehead atoms. The van der Waals surface area contributed by atoms with Gasteiger partial charge in [0.15, 0.2) is 5.11 Å². The van der Waals surface area contributed by atoms with Gasteiger partial charge < -0.3 is 25.3 Å². The van der Waals surface area contributed by atoms with Crippen LogP contribution in [0, 0.1) is 6.92 Å². The second kappa shape index (κ2) is 6.97. The van der Waals surface area contributed by atoms with Crippen molar-refractivity contribution in [3.63, 3.8) is 0 Å². The molecule has 0 aliphatic carbocycles. The van der Waals surface area contributed by atoms with Crippen molar-refractivity contribution in [3.05, 3.63) is 48.0 Å². The third-order valence-corrected chi connectivity index (χ3v) is 4.53. The molecule has 3 N–H and O–H groups in total. The highest BCUT2D eigenvalue weighted by atomic mass is 32.1. The third-order valence-electron chi connectivity index (χ3n) is 4.17. The number of benzene rings is 2. The molecular formula is C18H21N3O2S. The van der Waals surface area contributed by atoms with Crippen LogP contribution in [0.1, 0.15) is 5.56 Å². The second-order valence-corrected chi connectivity index (χ2v) is 6.33. The summed E-state index contributed by atoms with van der Waals surface area (Å²) in [4.78, 5) is 4.17. The molecule has 2 aromatic rings. The van der Waals surface area contributed by atoms with E-state index >= 15 is 0 Å². The Labute approximate surface area is 147 Å². The van der Waals surface area contributed by atoms with E-state index in [0.717, 1.165) is 31.9 Å². The first-order valence-corrected chi connectivity index (χ1v) is 8.33. The van der Waals surface area contributed by atoms with Gasteiger partial charge in [-0.3, -0.25) is 0 Å². The Hall–Kier alpha value is -2.47. The molecule has 0 aromatic heterocycles. The summed E-state index contributed by atoms with van der Waals surface area (Å²) in [5, 5.41) is 23.6. The molecular weight excluding hydrogens is 322 g/mol. The first-order chi connectivity index (χ1) is 11.5. The van der Waals surface area contributed by atoms with Gasteiger partial charge in [-0.1, -0.05) is 17.7 Å². The Kier molecular flexibility index (Phi) is 4.76. The minimum absolute atomic E-state index is 0.154. The van der Waals surface area contributed by atoms with Gasteiger partial charge in [-0.15, -0.1) is 0 Å². The lowest BCUT2D eigenvalue weighted by Gasteiger charge is -2.37.